The van der Waals surface area contributed by atoms with Crippen LogP contribution in [0, 0.1) is 0 Å². The zero-order valence-corrected chi connectivity index (χ0v) is 18.5. The highest BCUT2D eigenvalue weighted by atomic mass is 15.2. The molecule has 0 saturated heterocycles. The van der Waals surface area contributed by atoms with Gasteiger partial charge in [0, 0.05) is 5.56 Å². The Morgan fingerprint density at radius 1 is 0.441 bits per heavy atom. The monoisotopic (exact) mass is 435 g/mol. The highest BCUT2D eigenvalue weighted by Crippen LogP contribution is 2.38. The van der Waals surface area contributed by atoms with Crippen molar-refractivity contribution in [3.63, 3.8) is 0 Å². The minimum absolute atomic E-state index is 0.923. The van der Waals surface area contributed by atoms with E-state index in [-0.39, 0.29) is 0 Å². The van der Waals surface area contributed by atoms with Gasteiger partial charge in [-0.3, -0.25) is 8.97 Å². The number of hydrogen-bond donors (Lipinski definition) is 0. The fourth-order valence-electron chi connectivity index (χ4n) is 5.07. The van der Waals surface area contributed by atoms with Crippen LogP contribution in [-0.2, 0) is 0 Å². The number of imidazole rings is 2. The van der Waals surface area contributed by atoms with Crippen LogP contribution in [0.25, 0.3) is 55.8 Å². The lowest BCUT2D eigenvalue weighted by atomic mass is 9.93. The van der Waals surface area contributed by atoms with E-state index < -0.39 is 0 Å². The number of benzene rings is 5. The average molecular weight is 436 g/mol. The van der Waals surface area contributed by atoms with E-state index in [4.69, 9.17) is 4.98 Å². The molecule has 0 amide bonds. The van der Waals surface area contributed by atoms with Gasteiger partial charge in [-0.2, -0.15) is 0 Å². The van der Waals surface area contributed by atoms with E-state index in [1.807, 2.05) is 6.07 Å². The summed E-state index contributed by atoms with van der Waals surface area (Å²) < 4.78 is 4.57. The van der Waals surface area contributed by atoms with Gasteiger partial charge in [-0.15, -0.1) is 0 Å². The van der Waals surface area contributed by atoms with E-state index in [1.54, 1.807) is 0 Å². The molecule has 0 atom stereocenters. The predicted octanol–water partition coefficient (Wildman–Crippen LogP) is 7.77. The molecule has 0 bridgehead atoms. The number of rotatable bonds is 3. The summed E-state index contributed by atoms with van der Waals surface area (Å²) in [6.45, 7) is 0. The van der Waals surface area contributed by atoms with E-state index >= 15 is 0 Å². The number of nitrogens with zero attached hydrogens (tertiary/aromatic N) is 3. The lowest BCUT2D eigenvalue weighted by molar-refractivity contribution is 1.11. The van der Waals surface area contributed by atoms with Crippen LogP contribution < -0.4 is 0 Å². The molecule has 3 nitrogen and oxygen atoms in total. The Balaban J connectivity index is 1.58. The predicted molar refractivity (Wildman–Crippen MR) is 140 cm³/mol. The zero-order valence-electron chi connectivity index (χ0n) is 18.5. The first-order valence-electron chi connectivity index (χ1n) is 11.5. The summed E-state index contributed by atoms with van der Waals surface area (Å²) in [5.74, 6) is 0.923. The molecule has 0 radical (unpaired) electrons. The maximum atomic E-state index is 5.07. The van der Waals surface area contributed by atoms with Crippen molar-refractivity contribution in [1.29, 1.82) is 0 Å². The Morgan fingerprint density at radius 2 is 1.03 bits per heavy atom. The van der Waals surface area contributed by atoms with Crippen molar-refractivity contribution in [2.24, 2.45) is 0 Å². The molecule has 0 N–H and O–H groups in total. The Morgan fingerprint density at radius 3 is 1.85 bits per heavy atom. The molecule has 0 spiro atoms. The Hall–Kier alpha value is -4.63. The van der Waals surface area contributed by atoms with Crippen molar-refractivity contribution in [3.8, 4) is 27.9 Å². The summed E-state index contributed by atoms with van der Waals surface area (Å²) >= 11 is 0. The lowest BCUT2D eigenvalue weighted by Gasteiger charge is -2.15. The first kappa shape index (κ1) is 18.9. The molecule has 0 saturated carbocycles. The topological polar surface area (TPSA) is 22.2 Å². The highest BCUT2D eigenvalue weighted by molar-refractivity contribution is 5.94. The normalized spacial score (nSPS) is 11.5. The van der Waals surface area contributed by atoms with Gasteiger partial charge >= 0.3 is 0 Å². The molecule has 2 aromatic heterocycles. The van der Waals surface area contributed by atoms with Crippen LogP contribution in [0.4, 0.5) is 0 Å². The molecule has 7 rings (SSSR count). The Labute approximate surface area is 197 Å². The molecule has 7 aromatic rings. The Bertz CT molecular complexity index is 1810. The number of para-hydroxylation sites is 5. The van der Waals surface area contributed by atoms with Crippen molar-refractivity contribution in [2.75, 3.05) is 0 Å². The molecule has 0 aliphatic carbocycles. The van der Waals surface area contributed by atoms with Crippen LogP contribution in [0.1, 0.15) is 0 Å². The molecule has 160 valence electrons. The summed E-state index contributed by atoms with van der Waals surface area (Å²) in [6, 6.07) is 44.8. The molecular formula is C31H21N3. The molecular weight excluding hydrogens is 414 g/mol. The third-order valence-electron chi connectivity index (χ3n) is 6.55. The van der Waals surface area contributed by atoms with Crippen LogP contribution in [-0.4, -0.2) is 14.0 Å². The van der Waals surface area contributed by atoms with E-state index in [2.05, 4.69) is 130 Å². The van der Waals surface area contributed by atoms with Gasteiger partial charge in [0.25, 0.3) is 0 Å². The summed E-state index contributed by atoms with van der Waals surface area (Å²) in [7, 11) is 0. The van der Waals surface area contributed by atoms with Crippen molar-refractivity contribution in [3.05, 3.63) is 127 Å². The van der Waals surface area contributed by atoms with E-state index in [0.717, 1.165) is 33.5 Å². The van der Waals surface area contributed by atoms with Crippen LogP contribution in [0.15, 0.2) is 127 Å². The Kier molecular flexibility index (Phi) is 4.15. The largest absolute Gasteiger partial charge is 0.278 e. The van der Waals surface area contributed by atoms with E-state index in [1.165, 1.54) is 22.3 Å². The summed E-state index contributed by atoms with van der Waals surface area (Å²) in [5, 5.41) is 0. The quantitative estimate of drug-likeness (QED) is 0.278. The second-order valence-corrected chi connectivity index (χ2v) is 8.49. The van der Waals surface area contributed by atoms with Crippen LogP contribution in [0.5, 0.6) is 0 Å². The van der Waals surface area contributed by atoms with Crippen LogP contribution in [0.2, 0.25) is 0 Å². The van der Waals surface area contributed by atoms with E-state index in [0.29, 0.717) is 0 Å². The summed E-state index contributed by atoms with van der Waals surface area (Å²) in [4.78, 5) is 5.07. The van der Waals surface area contributed by atoms with Gasteiger partial charge in [-0.05, 0) is 47.0 Å². The third kappa shape index (κ3) is 2.74. The van der Waals surface area contributed by atoms with Gasteiger partial charge in [0.2, 0.25) is 5.78 Å². The third-order valence-corrected chi connectivity index (χ3v) is 6.55. The van der Waals surface area contributed by atoms with Gasteiger partial charge < -0.3 is 0 Å². The number of fused-ring (bicyclic) bond motifs is 5. The standard InChI is InChI=1S/C31H21N3/c1-2-12-22(13-3-1)23-14-4-5-15-24(23)25-16-6-8-18-27(25)33-29-20-10-11-21-30(29)34-28-19-9-7-17-26(28)32-31(33)34/h1-21H. The van der Waals surface area contributed by atoms with Gasteiger partial charge in [0.15, 0.2) is 0 Å². The average Bonchev–Trinajstić information content (AvgIpc) is 3.44. The second-order valence-electron chi connectivity index (χ2n) is 8.49. The summed E-state index contributed by atoms with van der Waals surface area (Å²) in [6.07, 6.45) is 0. The van der Waals surface area contributed by atoms with Crippen molar-refractivity contribution >= 4 is 27.8 Å². The first-order chi connectivity index (χ1) is 16.9. The zero-order chi connectivity index (χ0) is 22.5. The molecule has 34 heavy (non-hydrogen) atoms. The SMILES string of the molecule is c1ccc(-c2ccccc2-c2ccccc2-n2c3ccccc3n3c4ccccc4nc23)cc1. The number of aromatic nitrogens is 3. The minimum Gasteiger partial charge on any atom is -0.278 e. The minimum atomic E-state index is 0.923. The van der Waals surface area contributed by atoms with Crippen LogP contribution >= 0.6 is 0 Å². The number of hydrogen-bond acceptors (Lipinski definition) is 1. The molecule has 0 aliphatic heterocycles. The molecule has 2 heterocycles. The van der Waals surface area contributed by atoms with Gasteiger partial charge in [-0.25, -0.2) is 4.98 Å². The maximum absolute atomic E-state index is 5.07. The summed E-state index contributed by atoms with van der Waals surface area (Å²) in [5.41, 5.74) is 10.3. The fourth-order valence-corrected chi connectivity index (χ4v) is 5.07. The highest BCUT2D eigenvalue weighted by Gasteiger charge is 2.19. The van der Waals surface area contributed by atoms with Crippen molar-refractivity contribution < 1.29 is 0 Å². The van der Waals surface area contributed by atoms with Crippen LogP contribution in [0.3, 0.4) is 0 Å². The lowest BCUT2D eigenvalue weighted by Crippen LogP contribution is -1.99. The second kappa shape index (κ2) is 7.46. The fraction of sp³-hybridized carbons (Fsp3) is 0. The molecule has 5 aromatic carbocycles. The van der Waals surface area contributed by atoms with E-state index in [9.17, 15) is 0 Å². The van der Waals surface area contributed by atoms with Gasteiger partial charge in [0.05, 0.1) is 27.8 Å². The van der Waals surface area contributed by atoms with Gasteiger partial charge in [0.1, 0.15) is 0 Å². The van der Waals surface area contributed by atoms with Crippen molar-refractivity contribution in [2.45, 2.75) is 0 Å². The molecule has 0 aliphatic rings. The maximum Gasteiger partial charge on any atom is 0.220 e. The molecule has 3 heteroatoms. The van der Waals surface area contributed by atoms with Gasteiger partial charge in [-0.1, -0.05) is 97.1 Å². The molecule has 0 fully saturated rings. The van der Waals surface area contributed by atoms with Crippen molar-refractivity contribution in [1.82, 2.24) is 14.0 Å². The smallest absolute Gasteiger partial charge is 0.220 e. The first-order valence-corrected chi connectivity index (χ1v) is 11.5. The molecule has 0 unspecified atom stereocenters.